The van der Waals surface area contributed by atoms with E-state index in [1.807, 2.05) is 0 Å². The first-order chi connectivity index (χ1) is 8.58. The number of hydrogen-bond donors (Lipinski definition) is 1. The van der Waals surface area contributed by atoms with E-state index in [1.54, 1.807) is 38.2 Å². The summed E-state index contributed by atoms with van der Waals surface area (Å²) in [6, 6.07) is 6.50. The zero-order valence-electron chi connectivity index (χ0n) is 10.1. The maximum Gasteiger partial charge on any atom is 0.336 e. The van der Waals surface area contributed by atoms with Crippen LogP contribution in [-0.4, -0.2) is 10.9 Å². The van der Waals surface area contributed by atoms with Gasteiger partial charge in [0.05, 0.1) is 5.56 Å². The summed E-state index contributed by atoms with van der Waals surface area (Å²) in [5, 5.41) is 2.65. The molecule has 0 atom stereocenters. The van der Waals surface area contributed by atoms with E-state index in [0.717, 1.165) is 0 Å². The van der Waals surface area contributed by atoms with Gasteiger partial charge in [-0.3, -0.25) is 4.79 Å². The van der Waals surface area contributed by atoms with E-state index in [0.29, 0.717) is 22.7 Å². The molecular weight excluding hydrogens is 232 g/mol. The van der Waals surface area contributed by atoms with Crippen molar-refractivity contribution in [3.63, 3.8) is 0 Å². The van der Waals surface area contributed by atoms with Crippen LogP contribution in [0.4, 0.5) is 5.82 Å². The molecule has 5 nitrogen and oxygen atoms in total. The van der Waals surface area contributed by atoms with Gasteiger partial charge in [0.1, 0.15) is 11.6 Å². The highest BCUT2D eigenvalue weighted by Crippen LogP contribution is 2.13. The number of amides is 1. The van der Waals surface area contributed by atoms with E-state index in [1.165, 1.54) is 6.07 Å². The first-order valence-electron chi connectivity index (χ1n) is 5.41. The third-order valence-corrected chi connectivity index (χ3v) is 2.47. The fraction of sp³-hybridized carbons (Fsp3) is 0.154. The quantitative estimate of drug-likeness (QED) is 0.875. The Morgan fingerprint density at radius 3 is 2.72 bits per heavy atom. The Kier molecular flexibility index (Phi) is 3.23. The van der Waals surface area contributed by atoms with Crippen molar-refractivity contribution in [2.75, 3.05) is 5.32 Å². The molecule has 0 aromatic carbocycles. The van der Waals surface area contributed by atoms with Crippen LogP contribution in [0.15, 0.2) is 39.7 Å². The molecule has 0 spiro atoms. The molecule has 2 aromatic rings. The fourth-order valence-corrected chi connectivity index (χ4v) is 1.71. The van der Waals surface area contributed by atoms with Crippen LogP contribution in [0.5, 0.6) is 0 Å². The van der Waals surface area contributed by atoms with Crippen LogP contribution >= 0.6 is 0 Å². The average molecular weight is 244 g/mol. The van der Waals surface area contributed by atoms with Gasteiger partial charge in [0.2, 0.25) is 0 Å². The number of carbonyl (C=O) groups excluding carboxylic acids is 1. The molecule has 0 fully saturated rings. The Morgan fingerprint density at radius 2 is 2.11 bits per heavy atom. The number of pyridine rings is 1. The van der Waals surface area contributed by atoms with Crippen LogP contribution in [0.1, 0.15) is 21.7 Å². The number of aryl methyl sites for hydroxylation is 2. The highest BCUT2D eigenvalue weighted by molar-refractivity contribution is 6.05. The molecule has 18 heavy (non-hydrogen) atoms. The lowest BCUT2D eigenvalue weighted by molar-refractivity contribution is 0.102. The number of rotatable bonds is 2. The minimum absolute atomic E-state index is 0.299. The average Bonchev–Trinajstić information content (AvgIpc) is 2.28. The Bertz CT molecular complexity index is 606. The molecule has 0 radical (unpaired) electrons. The van der Waals surface area contributed by atoms with Crippen LogP contribution in [0.2, 0.25) is 0 Å². The lowest BCUT2D eigenvalue weighted by Crippen LogP contribution is -2.17. The Balaban J connectivity index is 2.33. The van der Waals surface area contributed by atoms with Gasteiger partial charge in [0.15, 0.2) is 0 Å². The van der Waals surface area contributed by atoms with Gasteiger partial charge in [-0.1, -0.05) is 6.07 Å². The van der Waals surface area contributed by atoms with E-state index in [4.69, 9.17) is 4.42 Å². The predicted octanol–water partition coefficient (Wildman–Crippen LogP) is 1.90. The molecule has 1 amide bonds. The summed E-state index contributed by atoms with van der Waals surface area (Å²) in [5.74, 6) is 0.411. The van der Waals surface area contributed by atoms with Crippen molar-refractivity contribution >= 4 is 11.7 Å². The number of aromatic nitrogens is 1. The van der Waals surface area contributed by atoms with Crippen LogP contribution in [0.3, 0.4) is 0 Å². The molecule has 0 saturated carbocycles. The molecule has 0 aliphatic carbocycles. The second kappa shape index (κ2) is 4.83. The van der Waals surface area contributed by atoms with E-state index in [9.17, 15) is 9.59 Å². The van der Waals surface area contributed by atoms with E-state index in [2.05, 4.69) is 10.3 Å². The molecule has 0 unspecified atom stereocenters. The van der Waals surface area contributed by atoms with E-state index in [-0.39, 0.29) is 5.91 Å². The number of hydrogen-bond acceptors (Lipinski definition) is 4. The maximum absolute atomic E-state index is 12.1. The Hall–Kier alpha value is -2.43. The third-order valence-electron chi connectivity index (χ3n) is 2.47. The van der Waals surface area contributed by atoms with Gasteiger partial charge < -0.3 is 9.73 Å². The zero-order valence-corrected chi connectivity index (χ0v) is 10.1. The van der Waals surface area contributed by atoms with Gasteiger partial charge >= 0.3 is 5.63 Å². The SMILES string of the molecule is Cc1cc(=O)oc(C)c1C(=O)Nc1ccccn1. The molecular formula is C13H12N2O3. The lowest BCUT2D eigenvalue weighted by atomic mass is 10.1. The molecule has 0 saturated heterocycles. The molecule has 2 aromatic heterocycles. The molecule has 0 bridgehead atoms. The van der Waals surface area contributed by atoms with Crippen LogP contribution in [0.25, 0.3) is 0 Å². The topological polar surface area (TPSA) is 72.2 Å². The first-order valence-corrected chi connectivity index (χ1v) is 5.41. The van der Waals surface area contributed by atoms with Gasteiger partial charge in [0, 0.05) is 12.3 Å². The van der Waals surface area contributed by atoms with Crippen LogP contribution < -0.4 is 10.9 Å². The minimum Gasteiger partial charge on any atom is -0.427 e. The maximum atomic E-state index is 12.1. The van der Waals surface area contributed by atoms with Gasteiger partial charge in [-0.25, -0.2) is 9.78 Å². The van der Waals surface area contributed by atoms with Crippen molar-refractivity contribution in [1.29, 1.82) is 0 Å². The van der Waals surface area contributed by atoms with Crippen molar-refractivity contribution in [1.82, 2.24) is 4.98 Å². The largest absolute Gasteiger partial charge is 0.427 e. The number of nitrogens with zero attached hydrogens (tertiary/aromatic N) is 1. The first kappa shape index (κ1) is 12.0. The highest BCUT2D eigenvalue weighted by atomic mass is 16.4. The van der Waals surface area contributed by atoms with Gasteiger partial charge in [-0.2, -0.15) is 0 Å². The summed E-state index contributed by atoms with van der Waals surface area (Å²) in [5.41, 5.74) is 0.483. The van der Waals surface area contributed by atoms with Crippen molar-refractivity contribution in [3.8, 4) is 0 Å². The van der Waals surface area contributed by atoms with Gasteiger partial charge in [0.25, 0.3) is 5.91 Å². The van der Waals surface area contributed by atoms with Gasteiger partial charge in [-0.15, -0.1) is 0 Å². The van der Waals surface area contributed by atoms with Gasteiger partial charge in [-0.05, 0) is 31.5 Å². The summed E-state index contributed by atoms with van der Waals surface area (Å²) in [6.45, 7) is 3.28. The standard InChI is InChI=1S/C13H12N2O3/c1-8-7-11(16)18-9(2)12(8)13(17)15-10-5-3-4-6-14-10/h3-7H,1-2H3,(H,14,15,17). The van der Waals surface area contributed by atoms with E-state index >= 15 is 0 Å². The smallest absolute Gasteiger partial charge is 0.336 e. The fourth-order valence-electron chi connectivity index (χ4n) is 1.71. The summed E-state index contributed by atoms with van der Waals surface area (Å²) in [7, 11) is 0. The molecule has 2 rings (SSSR count). The number of carbonyl (C=O) groups is 1. The molecule has 0 aliphatic rings. The summed E-state index contributed by atoms with van der Waals surface area (Å²) in [4.78, 5) is 27.2. The summed E-state index contributed by atoms with van der Waals surface area (Å²) in [6.07, 6.45) is 1.58. The van der Waals surface area contributed by atoms with Crippen LogP contribution in [-0.2, 0) is 0 Å². The molecule has 0 aliphatic heterocycles. The highest BCUT2D eigenvalue weighted by Gasteiger charge is 2.15. The number of nitrogens with one attached hydrogen (secondary N) is 1. The lowest BCUT2D eigenvalue weighted by Gasteiger charge is -2.08. The minimum atomic E-state index is -0.459. The van der Waals surface area contributed by atoms with Crippen molar-refractivity contribution in [3.05, 3.63) is 57.8 Å². The molecule has 5 heteroatoms. The Labute approximate surface area is 103 Å². The second-order valence-electron chi connectivity index (χ2n) is 3.85. The third kappa shape index (κ3) is 2.45. The number of anilines is 1. The van der Waals surface area contributed by atoms with Crippen molar-refractivity contribution < 1.29 is 9.21 Å². The van der Waals surface area contributed by atoms with Crippen molar-refractivity contribution in [2.45, 2.75) is 13.8 Å². The Morgan fingerprint density at radius 1 is 1.33 bits per heavy atom. The molecule has 92 valence electrons. The summed E-state index contributed by atoms with van der Waals surface area (Å²) >= 11 is 0. The second-order valence-corrected chi connectivity index (χ2v) is 3.85. The zero-order chi connectivity index (χ0) is 13.1. The molecule has 1 N–H and O–H groups in total. The monoisotopic (exact) mass is 244 g/mol. The van der Waals surface area contributed by atoms with Crippen molar-refractivity contribution in [2.24, 2.45) is 0 Å². The predicted molar refractivity (Wildman–Crippen MR) is 66.6 cm³/mol. The normalized spacial score (nSPS) is 10.1. The van der Waals surface area contributed by atoms with Crippen LogP contribution in [0, 0.1) is 13.8 Å². The summed E-state index contributed by atoms with van der Waals surface area (Å²) < 4.78 is 4.91. The van der Waals surface area contributed by atoms with E-state index < -0.39 is 5.63 Å². The molecule has 2 heterocycles.